The van der Waals surface area contributed by atoms with E-state index in [0.29, 0.717) is 0 Å². The van der Waals surface area contributed by atoms with Gasteiger partial charge in [0.25, 0.3) is 0 Å². The molecular formula is C6H4IN3O. The highest BCUT2D eigenvalue weighted by molar-refractivity contribution is 14.1. The Balaban J connectivity index is 2.76. The van der Waals surface area contributed by atoms with Crippen LogP contribution in [-0.2, 0) is 0 Å². The molecule has 0 saturated carbocycles. The van der Waals surface area contributed by atoms with Gasteiger partial charge in [-0.3, -0.25) is 0 Å². The van der Waals surface area contributed by atoms with Gasteiger partial charge in [0.1, 0.15) is 11.0 Å². The van der Waals surface area contributed by atoms with Gasteiger partial charge in [0, 0.05) is 0 Å². The van der Waals surface area contributed by atoms with E-state index in [1.165, 1.54) is 4.85 Å². The van der Waals surface area contributed by atoms with Gasteiger partial charge in [-0.15, -0.1) is 5.10 Å². The molecule has 0 bridgehead atoms. The van der Waals surface area contributed by atoms with Crippen LogP contribution in [-0.4, -0.2) is 15.2 Å². The van der Waals surface area contributed by atoms with Crippen molar-refractivity contribution in [3.8, 4) is 0 Å². The maximum absolute atomic E-state index is 4.88. The van der Waals surface area contributed by atoms with Gasteiger partial charge in [-0.05, 0) is 17.3 Å². The van der Waals surface area contributed by atoms with Gasteiger partial charge in [0.15, 0.2) is 0 Å². The van der Waals surface area contributed by atoms with Crippen molar-refractivity contribution in [2.75, 3.05) is 0 Å². The van der Waals surface area contributed by atoms with Crippen LogP contribution >= 0.6 is 23.0 Å². The summed E-state index contributed by atoms with van der Waals surface area (Å²) in [5, 5.41) is 7.62. The van der Waals surface area contributed by atoms with Crippen LogP contribution < -0.4 is 3.17 Å². The molecule has 0 radical (unpaired) electrons. The van der Waals surface area contributed by atoms with Gasteiger partial charge < -0.3 is 3.17 Å². The van der Waals surface area contributed by atoms with E-state index in [-0.39, 0.29) is 0 Å². The molecule has 1 aromatic heterocycles. The number of hydrogen-bond acceptors (Lipinski definition) is 3. The van der Waals surface area contributed by atoms with Crippen molar-refractivity contribution in [3.63, 3.8) is 0 Å². The molecule has 0 fully saturated rings. The summed E-state index contributed by atoms with van der Waals surface area (Å²) >= 11 is 1.76. The average Bonchev–Trinajstić information content (AvgIpc) is 2.47. The fraction of sp³-hybridized carbons (Fsp3) is 0. The van der Waals surface area contributed by atoms with E-state index in [4.69, 9.17) is 3.17 Å². The largest absolute Gasteiger partial charge is 0.326 e. The first kappa shape index (κ1) is 6.84. The molecule has 5 heteroatoms. The van der Waals surface area contributed by atoms with Crippen LogP contribution in [0.5, 0.6) is 0 Å². The molecule has 0 amide bonds. The highest BCUT2D eigenvalue weighted by Gasteiger charge is 2.01. The molecule has 0 unspecified atom stereocenters. The predicted octanol–water partition coefficient (Wildman–Crippen LogP) is 1.21. The molecule has 0 atom stereocenters. The van der Waals surface area contributed by atoms with Gasteiger partial charge in [-0.25, -0.2) is 0 Å². The molecule has 0 aliphatic rings. The molecule has 1 aromatic carbocycles. The van der Waals surface area contributed by atoms with Crippen LogP contribution in [0.3, 0.4) is 0 Å². The zero-order valence-electron chi connectivity index (χ0n) is 5.44. The van der Waals surface area contributed by atoms with E-state index in [1.54, 1.807) is 23.0 Å². The van der Waals surface area contributed by atoms with Crippen molar-refractivity contribution < 1.29 is 3.17 Å². The van der Waals surface area contributed by atoms with Crippen molar-refractivity contribution in [2.24, 2.45) is 0 Å². The van der Waals surface area contributed by atoms with E-state index >= 15 is 0 Å². The summed E-state index contributed by atoms with van der Waals surface area (Å²) in [6, 6.07) is 7.61. The third-order valence-electron chi connectivity index (χ3n) is 1.39. The number of rotatable bonds is 1. The minimum absolute atomic E-state index is 0.837. The Kier molecular flexibility index (Phi) is 1.65. The number of benzene rings is 1. The molecule has 11 heavy (non-hydrogen) atoms. The highest BCUT2D eigenvalue weighted by Crippen LogP contribution is 2.08. The van der Waals surface area contributed by atoms with E-state index in [0.717, 1.165) is 11.0 Å². The second kappa shape index (κ2) is 2.65. The third-order valence-corrected chi connectivity index (χ3v) is 1.76. The number of hydrogen-bond donors (Lipinski definition) is 0. The van der Waals surface area contributed by atoms with Crippen LogP contribution in [0.1, 0.15) is 0 Å². The second-order valence-electron chi connectivity index (χ2n) is 2.02. The minimum atomic E-state index is 0.837. The number of para-hydroxylation sites is 1. The maximum atomic E-state index is 4.88. The average molecular weight is 261 g/mol. The lowest BCUT2D eigenvalue weighted by Crippen LogP contribution is -2.00. The lowest BCUT2D eigenvalue weighted by molar-refractivity contribution is 0.321. The van der Waals surface area contributed by atoms with Crippen molar-refractivity contribution in [1.82, 2.24) is 15.2 Å². The predicted molar refractivity (Wildman–Crippen MR) is 48.1 cm³/mol. The Bertz CT molecular complexity index is 373. The topological polar surface area (TPSA) is 39.9 Å². The lowest BCUT2D eigenvalue weighted by atomic mass is 10.3. The zero-order chi connectivity index (χ0) is 7.68. The SMILES string of the molecule is IOn1nnc2ccccc21. The van der Waals surface area contributed by atoms with Crippen LogP contribution in [0.15, 0.2) is 24.3 Å². The van der Waals surface area contributed by atoms with E-state index < -0.39 is 0 Å². The van der Waals surface area contributed by atoms with Gasteiger partial charge in [-0.1, -0.05) is 17.0 Å². The van der Waals surface area contributed by atoms with E-state index in [9.17, 15) is 0 Å². The summed E-state index contributed by atoms with van der Waals surface area (Å²) in [5.41, 5.74) is 1.71. The Labute approximate surface area is 76.8 Å². The van der Waals surface area contributed by atoms with Gasteiger partial charge >= 0.3 is 0 Å². The first-order valence-corrected chi connectivity index (χ1v) is 3.89. The molecule has 2 rings (SSSR count). The van der Waals surface area contributed by atoms with Gasteiger partial charge in [-0.2, -0.15) is 0 Å². The minimum Gasteiger partial charge on any atom is -0.326 e. The molecule has 0 spiro atoms. The fourth-order valence-electron chi connectivity index (χ4n) is 0.898. The van der Waals surface area contributed by atoms with Crippen molar-refractivity contribution >= 4 is 34.0 Å². The number of nitrogens with zero attached hydrogens (tertiary/aromatic N) is 3. The summed E-state index contributed by atoms with van der Waals surface area (Å²) in [5.74, 6) is 0. The summed E-state index contributed by atoms with van der Waals surface area (Å²) in [7, 11) is 0. The quantitative estimate of drug-likeness (QED) is 0.724. The van der Waals surface area contributed by atoms with Crippen molar-refractivity contribution in [1.29, 1.82) is 0 Å². The summed E-state index contributed by atoms with van der Waals surface area (Å²) < 4.78 is 4.88. The van der Waals surface area contributed by atoms with E-state index in [1.807, 2.05) is 24.3 Å². The van der Waals surface area contributed by atoms with Crippen LogP contribution in [0.25, 0.3) is 11.0 Å². The maximum Gasteiger partial charge on any atom is 0.230 e. The standard InChI is InChI=1S/C6H4IN3O/c7-11-10-6-4-2-1-3-5(6)8-9-10/h1-4H. The molecule has 56 valence electrons. The molecule has 4 nitrogen and oxygen atoms in total. The Morgan fingerprint density at radius 1 is 1.36 bits per heavy atom. The summed E-state index contributed by atoms with van der Waals surface area (Å²) in [6.07, 6.45) is 0. The summed E-state index contributed by atoms with van der Waals surface area (Å²) in [4.78, 5) is 1.37. The Hall–Kier alpha value is -0.850. The molecular weight excluding hydrogens is 257 g/mol. The number of aromatic nitrogens is 3. The zero-order valence-corrected chi connectivity index (χ0v) is 7.59. The molecule has 0 N–H and O–H groups in total. The normalized spacial score (nSPS) is 10.3. The Morgan fingerprint density at radius 2 is 2.18 bits per heavy atom. The first-order chi connectivity index (χ1) is 5.42. The lowest BCUT2D eigenvalue weighted by Gasteiger charge is -1.92. The third kappa shape index (κ3) is 1.05. The number of halogens is 1. The Morgan fingerprint density at radius 3 is 3.00 bits per heavy atom. The van der Waals surface area contributed by atoms with Crippen LogP contribution in [0.4, 0.5) is 0 Å². The van der Waals surface area contributed by atoms with Crippen molar-refractivity contribution in [3.05, 3.63) is 24.3 Å². The number of fused-ring (bicyclic) bond motifs is 1. The van der Waals surface area contributed by atoms with Crippen molar-refractivity contribution in [2.45, 2.75) is 0 Å². The van der Waals surface area contributed by atoms with Gasteiger partial charge in [0.2, 0.25) is 23.0 Å². The second-order valence-corrected chi connectivity index (χ2v) is 2.41. The first-order valence-electron chi connectivity index (χ1n) is 3.01. The van der Waals surface area contributed by atoms with Crippen LogP contribution in [0, 0.1) is 0 Å². The molecule has 1 heterocycles. The molecule has 0 aliphatic carbocycles. The summed E-state index contributed by atoms with van der Waals surface area (Å²) in [6.45, 7) is 0. The fourth-order valence-corrected chi connectivity index (χ4v) is 1.19. The van der Waals surface area contributed by atoms with Crippen LogP contribution in [0.2, 0.25) is 0 Å². The van der Waals surface area contributed by atoms with Gasteiger partial charge in [0.05, 0.1) is 0 Å². The molecule has 0 aliphatic heterocycles. The molecule has 2 aromatic rings. The highest BCUT2D eigenvalue weighted by atomic mass is 127. The van der Waals surface area contributed by atoms with E-state index in [2.05, 4.69) is 10.3 Å². The smallest absolute Gasteiger partial charge is 0.230 e. The molecule has 0 saturated heterocycles. The monoisotopic (exact) mass is 261 g/mol.